The molecule has 3 aromatic carbocycles. The van der Waals surface area contributed by atoms with Gasteiger partial charge in [-0.15, -0.1) is 11.3 Å². The standard InChI is InChI=1S/C25H19Cl2NO3S/c1-30-22-17-9-4-8-15(14-7-5-10-18(26)21(14)27)23(17)32-24(22)25(29)28-19-12-13-31-20-11-3-2-6-16(19)20/h2-11,19H,12-13H2,1H3,(H,28,29)/t19-/m0/s1. The van der Waals surface area contributed by atoms with E-state index in [1.54, 1.807) is 13.2 Å². The fourth-order valence-corrected chi connectivity index (χ4v) is 5.69. The van der Waals surface area contributed by atoms with E-state index in [9.17, 15) is 4.79 Å². The van der Waals surface area contributed by atoms with Crippen LogP contribution in [-0.4, -0.2) is 19.6 Å². The van der Waals surface area contributed by atoms with Gasteiger partial charge in [0, 0.05) is 33.2 Å². The average molecular weight is 484 g/mol. The summed E-state index contributed by atoms with van der Waals surface area (Å²) in [6.45, 7) is 0.558. The van der Waals surface area contributed by atoms with E-state index in [-0.39, 0.29) is 11.9 Å². The zero-order valence-electron chi connectivity index (χ0n) is 17.2. The summed E-state index contributed by atoms with van der Waals surface area (Å²) >= 11 is 14.1. The molecule has 0 saturated heterocycles. The SMILES string of the molecule is COc1c(C(=O)N[C@H]2CCOc3ccccc32)sc2c(-c3cccc(Cl)c3Cl)cccc12. The fourth-order valence-electron chi connectivity index (χ4n) is 4.09. The van der Waals surface area contributed by atoms with E-state index in [4.69, 9.17) is 32.7 Å². The molecular weight excluding hydrogens is 465 g/mol. The summed E-state index contributed by atoms with van der Waals surface area (Å²) < 4.78 is 12.3. The van der Waals surface area contributed by atoms with Crippen LogP contribution in [0.5, 0.6) is 11.5 Å². The van der Waals surface area contributed by atoms with Crippen LogP contribution in [0.25, 0.3) is 21.2 Å². The average Bonchev–Trinajstić information content (AvgIpc) is 3.20. The first-order chi connectivity index (χ1) is 15.6. The van der Waals surface area contributed by atoms with Gasteiger partial charge in [0.05, 0.1) is 29.8 Å². The van der Waals surface area contributed by atoms with Gasteiger partial charge in [0.2, 0.25) is 0 Å². The van der Waals surface area contributed by atoms with Crippen molar-refractivity contribution in [3.8, 4) is 22.6 Å². The molecule has 0 radical (unpaired) electrons. The second-order valence-electron chi connectivity index (χ2n) is 7.45. The van der Waals surface area contributed by atoms with Gasteiger partial charge in [-0.25, -0.2) is 0 Å². The summed E-state index contributed by atoms with van der Waals surface area (Å²) in [5.41, 5.74) is 2.71. The lowest BCUT2D eigenvalue weighted by Crippen LogP contribution is -2.31. The van der Waals surface area contributed by atoms with Crippen molar-refractivity contribution >= 4 is 50.5 Å². The highest BCUT2D eigenvalue weighted by molar-refractivity contribution is 7.22. The smallest absolute Gasteiger partial charge is 0.265 e. The van der Waals surface area contributed by atoms with E-state index in [1.165, 1.54) is 11.3 Å². The highest BCUT2D eigenvalue weighted by Crippen LogP contribution is 2.45. The van der Waals surface area contributed by atoms with Gasteiger partial charge in [-0.05, 0) is 18.2 Å². The van der Waals surface area contributed by atoms with Gasteiger partial charge < -0.3 is 14.8 Å². The molecule has 0 fully saturated rings. The molecule has 0 spiro atoms. The molecule has 0 unspecified atom stereocenters. The zero-order valence-corrected chi connectivity index (χ0v) is 19.5. The van der Waals surface area contributed by atoms with E-state index in [0.29, 0.717) is 33.7 Å². The largest absolute Gasteiger partial charge is 0.494 e. The van der Waals surface area contributed by atoms with E-state index < -0.39 is 0 Å². The molecule has 0 aliphatic carbocycles. The lowest BCUT2D eigenvalue weighted by atomic mass is 10.0. The number of para-hydroxylation sites is 1. The van der Waals surface area contributed by atoms with Gasteiger partial charge in [0.25, 0.3) is 5.91 Å². The van der Waals surface area contributed by atoms with Crippen LogP contribution in [-0.2, 0) is 0 Å². The van der Waals surface area contributed by atoms with Crippen LogP contribution in [0.1, 0.15) is 27.7 Å². The number of fused-ring (bicyclic) bond motifs is 2. The second kappa shape index (κ2) is 8.66. The van der Waals surface area contributed by atoms with Crippen molar-refractivity contribution in [1.29, 1.82) is 0 Å². The third-order valence-electron chi connectivity index (χ3n) is 5.59. The van der Waals surface area contributed by atoms with Crippen LogP contribution >= 0.6 is 34.5 Å². The van der Waals surface area contributed by atoms with E-state index in [1.807, 2.05) is 54.6 Å². The van der Waals surface area contributed by atoms with Gasteiger partial charge in [-0.3, -0.25) is 4.79 Å². The van der Waals surface area contributed by atoms with Gasteiger partial charge in [-0.2, -0.15) is 0 Å². The molecule has 2 heterocycles. The van der Waals surface area contributed by atoms with E-state index >= 15 is 0 Å². The molecule has 1 aromatic heterocycles. The lowest BCUT2D eigenvalue weighted by molar-refractivity contribution is 0.0926. The Balaban J connectivity index is 1.57. The Kier molecular flexibility index (Phi) is 5.72. The third kappa shape index (κ3) is 3.60. The number of amides is 1. The molecule has 5 rings (SSSR count). The van der Waals surface area contributed by atoms with Crippen molar-refractivity contribution < 1.29 is 14.3 Å². The van der Waals surface area contributed by atoms with Gasteiger partial charge >= 0.3 is 0 Å². The Morgan fingerprint density at radius 3 is 2.69 bits per heavy atom. The quantitative estimate of drug-likeness (QED) is 0.335. The summed E-state index contributed by atoms with van der Waals surface area (Å²) in [5.74, 6) is 1.20. The van der Waals surface area contributed by atoms with Crippen LogP contribution in [0.15, 0.2) is 60.7 Å². The summed E-state index contributed by atoms with van der Waals surface area (Å²) in [7, 11) is 1.58. The Hall–Kier alpha value is -2.73. The molecule has 4 aromatic rings. The minimum atomic E-state index is -0.173. The number of rotatable bonds is 4. The monoisotopic (exact) mass is 483 g/mol. The van der Waals surface area contributed by atoms with Crippen molar-refractivity contribution in [2.75, 3.05) is 13.7 Å². The lowest BCUT2D eigenvalue weighted by Gasteiger charge is -2.26. The van der Waals surface area contributed by atoms with Gasteiger partial charge in [0.1, 0.15) is 16.4 Å². The molecule has 1 aliphatic rings. The maximum Gasteiger partial charge on any atom is 0.265 e. The van der Waals surface area contributed by atoms with Crippen LogP contribution in [0.3, 0.4) is 0 Å². The first-order valence-electron chi connectivity index (χ1n) is 10.1. The fraction of sp³-hybridized carbons (Fsp3) is 0.160. The number of halogens is 2. The third-order valence-corrected chi connectivity index (χ3v) is 7.62. The number of benzene rings is 3. The number of ether oxygens (including phenoxy) is 2. The van der Waals surface area contributed by atoms with E-state index in [2.05, 4.69) is 5.32 Å². The highest BCUT2D eigenvalue weighted by atomic mass is 35.5. The molecular formula is C25H19Cl2NO3S. The molecule has 4 nitrogen and oxygen atoms in total. The first-order valence-corrected chi connectivity index (χ1v) is 11.7. The Bertz CT molecular complexity index is 1330. The van der Waals surface area contributed by atoms with Crippen LogP contribution in [0.2, 0.25) is 10.0 Å². The van der Waals surface area contributed by atoms with Gasteiger partial charge in [-0.1, -0.05) is 65.7 Å². The van der Waals surface area contributed by atoms with Crippen LogP contribution in [0, 0.1) is 0 Å². The van der Waals surface area contributed by atoms with E-state index in [0.717, 1.165) is 32.5 Å². The zero-order chi connectivity index (χ0) is 22.2. The number of hydrogen-bond donors (Lipinski definition) is 1. The van der Waals surface area contributed by atoms with Crippen molar-refractivity contribution in [1.82, 2.24) is 5.32 Å². The summed E-state index contributed by atoms with van der Waals surface area (Å²) in [5, 5.41) is 5.01. The molecule has 0 saturated carbocycles. The van der Waals surface area contributed by atoms with Crippen molar-refractivity contribution in [2.45, 2.75) is 12.5 Å². The number of nitrogens with one attached hydrogen (secondary N) is 1. The van der Waals surface area contributed by atoms with Crippen molar-refractivity contribution in [2.24, 2.45) is 0 Å². The molecule has 7 heteroatoms. The van der Waals surface area contributed by atoms with Crippen LogP contribution < -0.4 is 14.8 Å². The summed E-state index contributed by atoms with van der Waals surface area (Å²) in [6.07, 6.45) is 0.708. The molecule has 1 N–H and O–H groups in total. The normalized spacial score (nSPS) is 15.2. The Morgan fingerprint density at radius 1 is 1.06 bits per heavy atom. The number of thiophene rings is 1. The number of carbonyl (C=O) groups is 1. The molecule has 0 bridgehead atoms. The number of hydrogen-bond acceptors (Lipinski definition) is 4. The first kappa shape index (κ1) is 21.1. The Labute approximate surface area is 199 Å². The number of carbonyl (C=O) groups excluding carboxylic acids is 1. The number of methoxy groups -OCH3 is 1. The Morgan fingerprint density at radius 2 is 1.84 bits per heavy atom. The van der Waals surface area contributed by atoms with Gasteiger partial charge in [0.15, 0.2) is 0 Å². The maximum absolute atomic E-state index is 13.4. The predicted octanol–water partition coefficient (Wildman–Crippen LogP) is 7.14. The molecule has 1 atom stereocenters. The summed E-state index contributed by atoms with van der Waals surface area (Å²) in [6, 6.07) is 19.1. The molecule has 32 heavy (non-hydrogen) atoms. The maximum atomic E-state index is 13.4. The molecule has 1 amide bonds. The predicted molar refractivity (Wildman–Crippen MR) is 131 cm³/mol. The molecule has 162 valence electrons. The minimum Gasteiger partial charge on any atom is -0.494 e. The van der Waals surface area contributed by atoms with Crippen molar-refractivity contribution in [3.63, 3.8) is 0 Å². The summed E-state index contributed by atoms with van der Waals surface area (Å²) in [4.78, 5) is 13.9. The van der Waals surface area contributed by atoms with Crippen LogP contribution in [0.4, 0.5) is 0 Å². The van der Waals surface area contributed by atoms with Crippen molar-refractivity contribution in [3.05, 3.63) is 81.1 Å². The minimum absolute atomic E-state index is 0.121. The highest BCUT2D eigenvalue weighted by Gasteiger charge is 2.27. The topological polar surface area (TPSA) is 47.6 Å². The molecule has 1 aliphatic heterocycles. The second-order valence-corrected chi connectivity index (χ2v) is 9.25.